The molecule has 0 unspecified atom stereocenters. The fraction of sp³-hybridized carbons (Fsp3) is 0.111. The van der Waals surface area contributed by atoms with Crippen molar-refractivity contribution >= 4 is 27.3 Å². The van der Waals surface area contributed by atoms with Gasteiger partial charge in [0.25, 0.3) is 5.69 Å². The van der Waals surface area contributed by atoms with Gasteiger partial charge in [-0.15, -0.1) is 6.58 Å². The van der Waals surface area contributed by atoms with Crippen LogP contribution in [0.15, 0.2) is 70.6 Å². The molecule has 0 bridgehead atoms. The van der Waals surface area contributed by atoms with Crippen LogP contribution in [0.4, 0.5) is 5.69 Å². The number of non-ortho nitro benzene ring substituents is 1. The Hall–Kier alpha value is -3.08. The van der Waals surface area contributed by atoms with Crippen molar-refractivity contribution in [1.82, 2.24) is 14.4 Å². The highest BCUT2D eigenvalue weighted by Gasteiger charge is 2.27. The largest absolute Gasteiger partial charge is 0.338 e. The summed E-state index contributed by atoms with van der Waals surface area (Å²) in [7, 11) is -4.07. The van der Waals surface area contributed by atoms with E-state index in [1.807, 2.05) is 0 Å². The summed E-state index contributed by atoms with van der Waals surface area (Å²) in [5.41, 5.74) is 0.327. The Morgan fingerprint density at radius 2 is 1.97 bits per heavy atom. The fourth-order valence-corrected chi connectivity index (χ4v) is 4.01. The quantitative estimate of drug-likeness (QED) is 0.301. The van der Waals surface area contributed by atoms with Crippen molar-refractivity contribution in [3.63, 3.8) is 0 Å². The van der Waals surface area contributed by atoms with Gasteiger partial charge >= 0.3 is 0 Å². The smallest absolute Gasteiger partial charge is 0.270 e. The van der Waals surface area contributed by atoms with Crippen LogP contribution in [-0.4, -0.2) is 34.3 Å². The molecule has 0 fully saturated rings. The summed E-state index contributed by atoms with van der Waals surface area (Å²) >= 11 is 5.86. The lowest BCUT2D eigenvalue weighted by Crippen LogP contribution is -2.31. The number of aromatic nitrogens is 2. The van der Waals surface area contributed by atoms with Crippen LogP contribution in [0.5, 0.6) is 0 Å². The maximum absolute atomic E-state index is 13.0. The molecule has 0 saturated heterocycles. The van der Waals surface area contributed by atoms with Crippen LogP contribution >= 0.6 is 11.6 Å². The van der Waals surface area contributed by atoms with Gasteiger partial charge in [0.15, 0.2) is 0 Å². The number of rotatable bonds is 8. The van der Waals surface area contributed by atoms with E-state index < -0.39 is 14.9 Å². The monoisotopic (exact) mass is 434 g/mol. The molecule has 3 aromatic rings. The Labute approximate surface area is 171 Å². The molecule has 0 saturated carbocycles. The number of nitrogens with zero attached hydrogens (tertiary/aromatic N) is 4. The number of halogens is 1. The Kier molecular flexibility index (Phi) is 6.06. The van der Waals surface area contributed by atoms with E-state index in [4.69, 9.17) is 16.1 Å². The lowest BCUT2D eigenvalue weighted by atomic mass is 10.2. The first-order chi connectivity index (χ1) is 13.8. The first kappa shape index (κ1) is 20.6. The number of benzene rings is 2. The third-order valence-electron chi connectivity index (χ3n) is 3.88. The molecular weight excluding hydrogens is 420 g/mol. The fourth-order valence-electron chi connectivity index (χ4n) is 2.48. The topological polar surface area (TPSA) is 119 Å². The van der Waals surface area contributed by atoms with E-state index in [1.54, 1.807) is 24.3 Å². The van der Waals surface area contributed by atoms with Crippen molar-refractivity contribution in [3.8, 4) is 11.4 Å². The molecule has 0 aliphatic heterocycles. The van der Waals surface area contributed by atoms with Crippen molar-refractivity contribution in [2.24, 2.45) is 0 Å². The van der Waals surface area contributed by atoms with Crippen LogP contribution in [-0.2, 0) is 16.6 Å². The van der Waals surface area contributed by atoms with E-state index in [2.05, 4.69) is 16.7 Å². The second kappa shape index (κ2) is 8.52. The predicted molar refractivity (Wildman–Crippen MR) is 106 cm³/mol. The summed E-state index contributed by atoms with van der Waals surface area (Å²) < 4.78 is 32.1. The minimum atomic E-state index is -4.07. The number of hydrogen-bond donors (Lipinski definition) is 0. The SMILES string of the molecule is C=CCN(Cc1nc(-c2ccc(Cl)cc2)no1)S(=O)(=O)c1cccc([N+](=O)[O-])c1. The number of nitro groups is 1. The van der Waals surface area contributed by atoms with Gasteiger partial charge in [0, 0.05) is 29.3 Å². The third kappa shape index (κ3) is 4.67. The molecule has 2 aromatic carbocycles. The molecule has 29 heavy (non-hydrogen) atoms. The van der Waals surface area contributed by atoms with E-state index in [0.717, 1.165) is 10.4 Å². The lowest BCUT2D eigenvalue weighted by molar-refractivity contribution is -0.385. The summed E-state index contributed by atoms with van der Waals surface area (Å²) in [6.45, 7) is 3.29. The molecule has 9 nitrogen and oxygen atoms in total. The molecule has 3 rings (SSSR count). The van der Waals surface area contributed by atoms with E-state index >= 15 is 0 Å². The van der Waals surface area contributed by atoms with Gasteiger partial charge in [-0.25, -0.2) is 8.42 Å². The summed E-state index contributed by atoms with van der Waals surface area (Å²) in [6, 6.07) is 11.6. The number of nitro benzene ring substituents is 1. The van der Waals surface area contributed by atoms with Gasteiger partial charge in [-0.05, 0) is 30.3 Å². The highest BCUT2D eigenvalue weighted by molar-refractivity contribution is 7.89. The standard InChI is InChI=1S/C18H15ClN4O5S/c1-2-10-22(29(26,27)16-5-3-4-15(11-16)23(24)25)12-17-20-18(21-28-17)13-6-8-14(19)9-7-13/h2-9,11H,1,10,12H2. The molecule has 1 aromatic heterocycles. The molecule has 0 N–H and O–H groups in total. The van der Waals surface area contributed by atoms with Crippen molar-refractivity contribution in [2.75, 3.05) is 6.54 Å². The van der Waals surface area contributed by atoms with Gasteiger partial charge in [-0.1, -0.05) is 28.9 Å². The van der Waals surface area contributed by atoms with Crippen LogP contribution in [0.2, 0.25) is 5.02 Å². The normalized spacial score (nSPS) is 11.5. The van der Waals surface area contributed by atoms with Crippen LogP contribution in [0.3, 0.4) is 0 Å². The van der Waals surface area contributed by atoms with Gasteiger partial charge in [0.05, 0.1) is 16.4 Å². The zero-order valence-electron chi connectivity index (χ0n) is 14.9. The van der Waals surface area contributed by atoms with E-state index in [1.165, 1.54) is 24.3 Å². The van der Waals surface area contributed by atoms with E-state index in [9.17, 15) is 18.5 Å². The predicted octanol–water partition coefficient (Wildman–Crippen LogP) is 3.68. The van der Waals surface area contributed by atoms with Crippen LogP contribution in [0.25, 0.3) is 11.4 Å². The summed E-state index contributed by atoms with van der Waals surface area (Å²) in [5, 5.41) is 15.4. The molecule has 0 radical (unpaired) electrons. The first-order valence-electron chi connectivity index (χ1n) is 8.25. The second-order valence-corrected chi connectivity index (χ2v) is 8.23. The lowest BCUT2D eigenvalue weighted by Gasteiger charge is -2.18. The minimum Gasteiger partial charge on any atom is -0.338 e. The zero-order valence-corrected chi connectivity index (χ0v) is 16.5. The molecular formula is C18H15ClN4O5S. The molecule has 0 amide bonds. The average molecular weight is 435 g/mol. The van der Waals surface area contributed by atoms with Gasteiger partial charge in [0.1, 0.15) is 0 Å². The molecule has 11 heteroatoms. The molecule has 150 valence electrons. The van der Waals surface area contributed by atoms with Gasteiger partial charge in [-0.2, -0.15) is 9.29 Å². The molecule has 0 aliphatic carbocycles. The Bertz CT molecular complexity index is 1150. The van der Waals surface area contributed by atoms with Crippen molar-refractivity contribution in [2.45, 2.75) is 11.4 Å². The summed E-state index contributed by atoms with van der Waals surface area (Å²) in [5.74, 6) is 0.341. The highest BCUT2D eigenvalue weighted by atomic mass is 35.5. The summed E-state index contributed by atoms with van der Waals surface area (Å²) in [6.07, 6.45) is 1.39. The van der Waals surface area contributed by atoms with Crippen LogP contribution in [0, 0.1) is 10.1 Å². The maximum atomic E-state index is 13.0. The second-order valence-electron chi connectivity index (χ2n) is 5.86. The van der Waals surface area contributed by atoms with Crippen molar-refractivity contribution < 1.29 is 17.9 Å². The number of sulfonamides is 1. The van der Waals surface area contributed by atoms with Gasteiger partial charge < -0.3 is 4.52 Å². The zero-order chi connectivity index (χ0) is 21.0. The average Bonchev–Trinajstić information content (AvgIpc) is 3.17. The molecule has 0 aliphatic rings. The minimum absolute atomic E-state index is 0.0519. The number of hydrogen-bond acceptors (Lipinski definition) is 7. The molecule has 0 spiro atoms. The van der Waals surface area contributed by atoms with Gasteiger partial charge in [0.2, 0.25) is 21.7 Å². The Morgan fingerprint density at radius 3 is 2.62 bits per heavy atom. The van der Waals surface area contributed by atoms with Gasteiger partial charge in [-0.3, -0.25) is 10.1 Å². The third-order valence-corrected chi connectivity index (χ3v) is 5.94. The Balaban J connectivity index is 1.88. The van der Waals surface area contributed by atoms with E-state index in [-0.39, 0.29) is 35.4 Å². The highest BCUT2D eigenvalue weighted by Crippen LogP contribution is 2.23. The molecule has 1 heterocycles. The van der Waals surface area contributed by atoms with Crippen molar-refractivity contribution in [1.29, 1.82) is 0 Å². The van der Waals surface area contributed by atoms with Crippen molar-refractivity contribution in [3.05, 3.63) is 82.2 Å². The first-order valence-corrected chi connectivity index (χ1v) is 10.1. The summed E-state index contributed by atoms with van der Waals surface area (Å²) in [4.78, 5) is 14.3. The maximum Gasteiger partial charge on any atom is 0.270 e. The van der Waals surface area contributed by atoms with Crippen LogP contribution in [0.1, 0.15) is 5.89 Å². The van der Waals surface area contributed by atoms with Crippen LogP contribution < -0.4 is 0 Å². The van der Waals surface area contributed by atoms with E-state index in [0.29, 0.717) is 10.6 Å². The molecule has 0 atom stereocenters. The Morgan fingerprint density at radius 1 is 1.24 bits per heavy atom.